The fraction of sp³-hybridized carbons (Fsp3) is 0.375. The topological polar surface area (TPSA) is 26.0 Å². The molecule has 2 aromatic carbocycles. The van der Waals surface area contributed by atoms with Gasteiger partial charge in [-0.1, -0.05) is 42.5 Å². The molecule has 2 unspecified atom stereocenters. The predicted octanol–water partition coefficient (Wildman–Crippen LogP) is 3.51. The minimum absolute atomic E-state index is 0.440. The highest BCUT2D eigenvalue weighted by atomic mass is 14.6. The Labute approximate surface area is 103 Å². The first-order valence-electron chi connectivity index (χ1n) is 6.55. The molecule has 0 radical (unpaired) electrons. The van der Waals surface area contributed by atoms with Crippen LogP contribution in [0.5, 0.6) is 0 Å². The van der Waals surface area contributed by atoms with Crippen molar-refractivity contribution in [3.63, 3.8) is 0 Å². The Kier molecular flexibility index (Phi) is 2.86. The summed E-state index contributed by atoms with van der Waals surface area (Å²) in [4.78, 5) is 0. The molecule has 1 saturated carbocycles. The SMILES string of the molecule is NC1CCC(Cc2cccc3ccccc23)C1. The molecule has 1 fully saturated rings. The third-order valence-corrected chi connectivity index (χ3v) is 3.97. The zero-order chi connectivity index (χ0) is 11.7. The molecule has 1 aliphatic carbocycles. The monoisotopic (exact) mass is 225 g/mol. The predicted molar refractivity (Wildman–Crippen MR) is 73.0 cm³/mol. The van der Waals surface area contributed by atoms with Crippen LogP contribution < -0.4 is 5.73 Å². The molecule has 1 heteroatoms. The summed E-state index contributed by atoms with van der Waals surface area (Å²) in [7, 11) is 0. The van der Waals surface area contributed by atoms with Crippen LogP contribution in [0.1, 0.15) is 24.8 Å². The summed E-state index contributed by atoms with van der Waals surface area (Å²) < 4.78 is 0. The molecule has 0 spiro atoms. The average molecular weight is 225 g/mol. The maximum Gasteiger partial charge on any atom is 0.00416 e. The Hall–Kier alpha value is -1.34. The van der Waals surface area contributed by atoms with E-state index in [0.29, 0.717) is 6.04 Å². The largest absolute Gasteiger partial charge is 0.328 e. The molecule has 1 aliphatic rings. The van der Waals surface area contributed by atoms with E-state index < -0.39 is 0 Å². The fourth-order valence-corrected chi connectivity index (χ4v) is 3.08. The van der Waals surface area contributed by atoms with Crippen LogP contribution in [-0.2, 0) is 6.42 Å². The molecule has 0 aromatic heterocycles. The lowest BCUT2D eigenvalue weighted by molar-refractivity contribution is 0.537. The molecule has 1 nitrogen and oxygen atoms in total. The normalized spacial score (nSPS) is 24.3. The van der Waals surface area contributed by atoms with Gasteiger partial charge in [0.25, 0.3) is 0 Å². The second-order valence-electron chi connectivity index (χ2n) is 5.28. The van der Waals surface area contributed by atoms with Gasteiger partial charge in [0.1, 0.15) is 0 Å². The van der Waals surface area contributed by atoms with Crippen LogP contribution in [0.2, 0.25) is 0 Å². The second kappa shape index (κ2) is 4.50. The molecule has 3 rings (SSSR count). The molecule has 0 bridgehead atoms. The quantitative estimate of drug-likeness (QED) is 0.831. The van der Waals surface area contributed by atoms with Gasteiger partial charge in [0.2, 0.25) is 0 Å². The molecule has 0 heterocycles. The lowest BCUT2D eigenvalue weighted by Gasteiger charge is -2.12. The summed E-state index contributed by atoms with van der Waals surface area (Å²) in [5, 5.41) is 2.77. The zero-order valence-corrected chi connectivity index (χ0v) is 10.1. The van der Waals surface area contributed by atoms with E-state index in [1.165, 1.54) is 42.0 Å². The van der Waals surface area contributed by atoms with Crippen LogP contribution in [0.4, 0.5) is 0 Å². The molecule has 88 valence electrons. The number of fused-ring (bicyclic) bond motifs is 1. The van der Waals surface area contributed by atoms with Crippen LogP contribution in [0, 0.1) is 5.92 Å². The molecular formula is C16H19N. The maximum absolute atomic E-state index is 5.99. The van der Waals surface area contributed by atoms with Crippen LogP contribution in [0.3, 0.4) is 0 Å². The van der Waals surface area contributed by atoms with Crippen LogP contribution in [0.25, 0.3) is 10.8 Å². The van der Waals surface area contributed by atoms with E-state index in [-0.39, 0.29) is 0 Å². The van der Waals surface area contributed by atoms with Crippen molar-refractivity contribution in [3.8, 4) is 0 Å². The van der Waals surface area contributed by atoms with Gasteiger partial charge in [0.15, 0.2) is 0 Å². The highest BCUT2D eigenvalue weighted by molar-refractivity contribution is 5.85. The van der Waals surface area contributed by atoms with Crippen molar-refractivity contribution in [3.05, 3.63) is 48.0 Å². The Morgan fingerprint density at radius 3 is 2.65 bits per heavy atom. The first-order valence-corrected chi connectivity index (χ1v) is 6.55. The van der Waals surface area contributed by atoms with Gasteiger partial charge in [-0.15, -0.1) is 0 Å². The van der Waals surface area contributed by atoms with Crippen LogP contribution in [-0.4, -0.2) is 6.04 Å². The fourth-order valence-electron chi connectivity index (χ4n) is 3.08. The summed E-state index contributed by atoms with van der Waals surface area (Å²) in [6.07, 6.45) is 4.89. The highest BCUT2D eigenvalue weighted by Gasteiger charge is 2.22. The minimum Gasteiger partial charge on any atom is -0.328 e. The van der Waals surface area contributed by atoms with Gasteiger partial charge in [-0.2, -0.15) is 0 Å². The third-order valence-electron chi connectivity index (χ3n) is 3.97. The Balaban J connectivity index is 1.90. The first kappa shape index (κ1) is 10.8. The van der Waals surface area contributed by atoms with E-state index in [9.17, 15) is 0 Å². The van der Waals surface area contributed by atoms with E-state index in [4.69, 9.17) is 5.73 Å². The van der Waals surface area contributed by atoms with E-state index in [0.717, 1.165) is 5.92 Å². The molecule has 0 amide bonds. The molecule has 0 saturated heterocycles. The van der Waals surface area contributed by atoms with Crippen molar-refractivity contribution < 1.29 is 0 Å². The van der Waals surface area contributed by atoms with E-state index >= 15 is 0 Å². The van der Waals surface area contributed by atoms with Gasteiger partial charge in [-0.3, -0.25) is 0 Å². The molecule has 2 aromatic rings. The van der Waals surface area contributed by atoms with Crippen molar-refractivity contribution >= 4 is 10.8 Å². The standard InChI is InChI=1S/C16H19N/c17-15-9-8-12(11-15)10-14-6-3-5-13-4-1-2-7-16(13)14/h1-7,12,15H,8-11,17H2. The summed E-state index contributed by atoms with van der Waals surface area (Å²) in [6.45, 7) is 0. The highest BCUT2D eigenvalue weighted by Crippen LogP contribution is 2.30. The van der Waals surface area contributed by atoms with Crippen molar-refractivity contribution in [2.24, 2.45) is 11.7 Å². The smallest absolute Gasteiger partial charge is 0.00416 e. The summed E-state index contributed by atoms with van der Waals surface area (Å²) >= 11 is 0. The number of rotatable bonds is 2. The summed E-state index contributed by atoms with van der Waals surface area (Å²) in [6, 6.07) is 15.7. The van der Waals surface area contributed by atoms with Gasteiger partial charge >= 0.3 is 0 Å². The van der Waals surface area contributed by atoms with Crippen molar-refractivity contribution in [2.45, 2.75) is 31.7 Å². The first-order chi connectivity index (χ1) is 8.33. The number of nitrogens with two attached hydrogens (primary N) is 1. The van der Waals surface area contributed by atoms with Crippen LogP contribution in [0.15, 0.2) is 42.5 Å². The molecule has 17 heavy (non-hydrogen) atoms. The van der Waals surface area contributed by atoms with Crippen molar-refractivity contribution in [1.29, 1.82) is 0 Å². The Bertz CT molecular complexity index is 512. The van der Waals surface area contributed by atoms with Gasteiger partial charge in [-0.25, -0.2) is 0 Å². The maximum atomic E-state index is 5.99. The third kappa shape index (κ3) is 2.20. The lowest BCUT2D eigenvalue weighted by Crippen LogP contribution is -2.15. The summed E-state index contributed by atoms with van der Waals surface area (Å²) in [5.41, 5.74) is 7.48. The Morgan fingerprint density at radius 2 is 1.82 bits per heavy atom. The van der Waals surface area contributed by atoms with Gasteiger partial charge in [0.05, 0.1) is 0 Å². The molecular weight excluding hydrogens is 206 g/mol. The molecule has 2 N–H and O–H groups in total. The van der Waals surface area contributed by atoms with E-state index in [2.05, 4.69) is 42.5 Å². The lowest BCUT2D eigenvalue weighted by atomic mass is 9.94. The number of hydrogen-bond acceptors (Lipinski definition) is 1. The zero-order valence-electron chi connectivity index (χ0n) is 10.1. The van der Waals surface area contributed by atoms with Gasteiger partial charge in [0, 0.05) is 6.04 Å². The second-order valence-corrected chi connectivity index (χ2v) is 5.28. The van der Waals surface area contributed by atoms with Crippen LogP contribution >= 0.6 is 0 Å². The summed E-state index contributed by atoms with van der Waals surface area (Å²) in [5.74, 6) is 0.788. The number of hydrogen-bond donors (Lipinski definition) is 1. The van der Waals surface area contributed by atoms with Gasteiger partial charge < -0.3 is 5.73 Å². The van der Waals surface area contributed by atoms with E-state index in [1.807, 2.05) is 0 Å². The molecule has 2 atom stereocenters. The number of benzene rings is 2. The molecule has 0 aliphatic heterocycles. The Morgan fingerprint density at radius 1 is 1.00 bits per heavy atom. The van der Waals surface area contributed by atoms with Gasteiger partial charge in [-0.05, 0) is 47.9 Å². The average Bonchev–Trinajstić information content (AvgIpc) is 2.75. The van der Waals surface area contributed by atoms with E-state index in [1.54, 1.807) is 0 Å². The minimum atomic E-state index is 0.440. The van der Waals surface area contributed by atoms with Crippen molar-refractivity contribution in [1.82, 2.24) is 0 Å². The van der Waals surface area contributed by atoms with Crippen molar-refractivity contribution in [2.75, 3.05) is 0 Å².